The molecule has 0 unspecified atom stereocenters. The molecule has 0 bridgehead atoms. The maximum Gasteiger partial charge on any atom is 0.122 e. The van der Waals surface area contributed by atoms with Crippen molar-refractivity contribution in [1.82, 2.24) is 9.80 Å². The third-order valence-electron chi connectivity index (χ3n) is 4.39. The summed E-state index contributed by atoms with van der Waals surface area (Å²) in [6, 6.07) is 6.50. The van der Waals surface area contributed by atoms with Gasteiger partial charge in [-0.25, -0.2) is 0 Å². The van der Waals surface area contributed by atoms with Gasteiger partial charge in [0.2, 0.25) is 0 Å². The van der Waals surface area contributed by atoms with Crippen molar-refractivity contribution >= 4 is 0 Å². The van der Waals surface area contributed by atoms with Gasteiger partial charge >= 0.3 is 0 Å². The molecule has 0 atom stereocenters. The van der Waals surface area contributed by atoms with Gasteiger partial charge in [-0.15, -0.1) is 0 Å². The summed E-state index contributed by atoms with van der Waals surface area (Å²) in [7, 11) is 5.50. The molecule has 0 saturated carbocycles. The number of hydrogen-bond acceptors (Lipinski definition) is 5. The number of benzene rings is 1. The quantitative estimate of drug-likeness (QED) is 0.829. The summed E-state index contributed by atoms with van der Waals surface area (Å²) >= 11 is 0. The Bertz CT molecular complexity index is 437. The van der Waals surface area contributed by atoms with Crippen molar-refractivity contribution in [2.45, 2.75) is 25.4 Å². The highest BCUT2D eigenvalue weighted by molar-refractivity contribution is 5.38. The van der Waals surface area contributed by atoms with E-state index < -0.39 is 0 Å². The van der Waals surface area contributed by atoms with Crippen molar-refractivity contribution in [1.29, 1.82) is 0 Å². The van der Waals surface area contributed by atoms with Crippen LogP contribution in [-0.2, 0) is 6.54 Å². The van der Waals surface area contributed by atoms with Crippen molar-refractivity contribution in [3.05, 3.63) is 23.8 Å². The third kappa shape index (κ3) is 4.60. The lowest BCUT2D eigenvalue weighted by atomic mass is 10.0. The summed E-state index contributed by atoms with van der Waals surface area (Å²) in [4.78, 5) is 4.74. The molecule has 0 amide bonds. The fourth-order valence-corrected chi connectivity index (χ4v) is 3.07. The number of nitrogens with zero attached hydrogens (tertiary/aromatic N) is 2. The molecule has 124 valence electrons. The Hall–Kier alpha value is -1.30. The lowest BCUT2D eigenvalue weighted by molar-refractivity contribution is 0.0940. The van der Waals surface area contributed by atoms with E-state index in [1.54, 1.807) is 14.2 Å². The summed E-state index contributed by atoms with van der Waals surface area (Å²) in [6.45, 7) is 3.94. The van der Waals surface area contributed by atoms with Crippen LogP contribution in [0, 0.1) is 0 Å². The zero-order chi connectivity index (χ0) is 15.9. The number of ether oxygens (including phenoxy) is 2. The van der Waals surface area contributed by atoms with Gasteiger partial charge in [-0.1, -0.05) is 0 Å². The number of methoxy groups -OCH3 is 2. The number of hydrogen-bond donors (Lipinski definition) is 1. The monoisotopic (exact) mass is 308 g/mol. The molecule has 22 heavy (non-hydrogen) atoms. The molecule has 5 heteroatoms. The SMILES string of the molecule is COc1cc(CN(CCO)C2CCN(C)CC2)cc(OC)c1. The molecule has 1 fully saturated rings. The molecule has 0 spiro atoms. The van der Waals surface area contributed by atoms with Crippen LogP contribution in [0.15, 0.2) is 18.2 Å². The summed E-state index contributed by atoms with van der Waals surface area (Å²) in [5, 5.41) is 9.40. The van der Waals surface area contributed by atoms with Gasteiger partial charge in [0.15, 0.2) is 0 Å². The topological polar surface area (TPSA) is 45.2 Å². The summed E-state index contributed by atoms with van der Waals surface area (Å²) in [6.07, 6.45) is 2.30. The average Bonchev–Trinajstić information content (AvgIpc) is 2.54. The molecule has 0 aliphatic carbocycles. The van der Waals surface area contributed by atoms with E-state index in [-0.39, 0.29) is 6.61 Å². The first-order valence-corrected chi connectivity index (χ1v) is 7.91. The van der Waals surface area contributed by atoms with E-state index in [0.29, 0.717) is 12.6 Å². The van der Waals surface area contributed by atoms with Crippen molar-refractivity contribution in [2.24, 2.45) is 0 Å². The van der Waals surface area contributed by atoms with E-state index in [4.69, 9.17) is 9.47 Å². The molecule has 1 heterocycles. The van der Waals surface area contributed by atoms with Crippen LogP contribution in [0.25, 0.3) is 0 Å². The van der Waals surface area contributed by atoms with Crippen LogP contribution in [0.1, 0.15) is 18.4 Å². The second kappa shape index (κ2) is 8.36. The van der Waals surface area contributed by atoms with Gasteiger partial charge in [0.05, 0.1) is 20.8 Å². The van der Waals surface area contributed by atoms with Gasteiger partial charge in [0.1, 0.15) is 11.5 Å². The van der Waals surface area contributed by atoms with E-state index in [0.717, 1.165) is 49.5 Å². The Morgan fingerprint density at radius 2 is 1.73 bits per heavy atom. The molecule has 0 radical (unpaired) electrons. The van der Waals surface area contributed by atoms with Crippen LogP contribution in [0.3, 0.4) is 0 Å². The highest BCUT2D eigenvalue weighted by Crippen LogP contribution is 2.25. The Morgan fingerprint density at radius 1 is 1.14 bits per heavy atom. The van der Waals surface area contributed by atoms with Crippen LogP contribution < -0.4 is 9.47 Å². The van der Waals surface area contributed by atoms with Crippen molar-refractivity contribution in [3.8, 4) is 11.5 Å². The molecule has 1 aromatic rings. The normalized spacial score (nSPS) is 17.0. The van der Waals surface area contributed by atoms with E-state index in [9.17, 15) is 5.11 Å². The highest BCUT2D eigenvalue weighted by Gasteiger charge is 2.23. The maximum absolute atomic E-state index is 9.40. The second-order valence-corrected chi connectivity index (χ2v) is 5.95. The van der Waals surface area contributed by atoms with Gasteiger partial charge < -0.3 is 19.5 Å². The highest BCUT2D eigenvalue weighted by atomic mass is 16.5. The van der Waals surface area contributed by atoms with Crippen LogP contribution in [0.2, 0.25) is 0 Å². The summed E-state index contributed by atoms with van der Waals surface area (Å²) in [5.41, 5.74) is 1.16. The van der Waals surface area contributed by atoms with Crippen LogP contribution >= 0.6 is 0 Å². The predicted molar refractivity (Wildman–Crippen MR) is 87.6 cm³/mol. The van der Waals surface area contributed by atoms with Gasteiger partial charge in [-0.05, 0) is 50.7 Å². The Kier molecular flexibility index (Phi) is 6.49. The zero-order valence-electron chi connectivity index (χ0n) is 13.9. The Morgan fingerprint density at radius 3 is 2.23 bits per heavy atom. The van der Waals surface area contributed by atoms with Crippen molar-refractivity contribution in [2.75, 3.05) is 47.5 Å². The van der Waals surface area contributed by atoms with E-state index in [1.807, 2.05) is 18.2 Å². The fraction of sp³-hybridized carbons (Fsp3) is 0.647. The predicted octanol–water partition coefficient (Wildman–Crippen LogP) is 1.59. The van der Waals surface area contributed by atoms with E-state index in [1.165, 1.54) is 0 Å². The average molecular weight is 308 g/mol. The van der Waals surface area contributed by atoms with Gasteiger partial charge in [-0.3, -0.25) is 4.90 Å². The number of piperidine rings is 1. The van der Waals surface area contributed by atoms with Gasteiger partial charge in [0.25, 0.3) is 0 Å². The second-order valence-electron chi connectivity index (χ2n) is 5.95. The minimum absolute atomic E-state index is 0.188. The minimum Gasteiger partial charge on any atom is -0.497 e. The third-order valence-corrected chi connectivity index (χ3v) is 4.39. The van der Waals surface area contributed by atoms with Crippen LogP contribution in [-0.4, -0.2) is 68.5 Å². The standard InChI is InChI=1S/C17H28N2O3/c1-18-6-4-15(5-7-18)19(8-9-20)13-14-10-16(21-2)12-17(11-14)22-3/h10-12,15,20H,4-9,13H2,1-3H3. The molecule has 2 rings (SSSR count). The zero-order valence-corrected chi connectivity index (χ0v) is 13.9. The maximum atomic E-state index is 9.40. The molecule has 5 nitrogen and oxygen atoms in total. The summed E-state index contributed by atoms with van der Waals surface area (Å²) in [5.74, 6) is 1.61. The van der Waals surface area contributed by atoms with Crippen LogP contribution in [0.5, 0.6) is 11.5 Å². The molecule has 1 saturated heterocycles. The van der Waals surface area contributed by atoms with Crippen molar-refractivity contribution in [3.63, 3.8) is 0 Å². The fourth-order valence-electron chi connectivity index (χ4n) is 3.07. The van der Waals surface area contributed by atoms with E-state index in [2.05, 4.69) is 16.8 Å². The smallest absolute Gasteiger partial charge is 0.122 e. The summed E-state index contributed by atoms with van der Waals surface area (Å²) < 4.78 is 10.7. The molecule has 1 N–H and O–H groups in total. The lowest BCUT2D eigenvalue weighted by Gasteiger charge is -2.37. The minimum atomic E-state index is 0.188. The Labute approximate surface area is 133 Å². The number of rotatable bonds is 7. The molecular formula is C17H28N2O3. The van der Waals surface area contributed by atoms with Gasteiger partial charge in [0, 0.05) is 25.2 Å². The van der Waals surface area contributed by atoms with Gasteiger partial charge in [-0.2, -0.15) is 0 Å². The van der Waals surface area contributed by atoms with E-state index >= 15 is 0 Å². The van der Waals surface area contributed by atoms with Crippen molar-refractivity contribution < 1.29 is 14.6 Å². The Balaban J connectivity index is 2.09. The number of aliphatic hydroxyl groups is 1. The molecule has 1 aliphatic heterocycles. The molecule has 0 aromatic heterocycles. The molecule has 1 aliphatic rings. The largest absolute Gasteiger partial charge is 0.497 e. The van der Waals surface area contributed by atoms with Crippen LogP contribution in [0.4, 0.5) is 0 Å². The molecule has 1 aromatic carbocycles. The first kappa shape index (κ1) is 17.1. The number of likely N-dealkylation sites (tertiary alicyclic amines) is 1. The number of aliphatic hydroxyl groups excluding tert-OH is 1. The lowest BCUT2D eigenvalue weighted by Crippen LogP contribution is -2.44. The molecular weight excluding hydrogens is 280 g/mol. The first-order chi connectivity index (χ1) is 10.7. The first-order valence-electron chi connectivity index (χ1n) is 7.91.